The van der Waals surface area contributed by atoms with E-state index in [9.17, 15) is 14.4 Å². The molecule has 6 nitrogen and oxygen atoms in total. The van der Waals surface area contributed by atoms with Crippen LogP contribution in [0.5, 0.6) is 0 Å². The summed E-state index contributed by atoms with van der Waals surface area (Å²) in [5, 5.41) is 4.60. The number of esters is 1. The average molecular weight is 352 g/mol. The van der Waals surface area contributed by atoms with E-state index in [1.165, 1.54) is 11.3 Å². The fraction of sp³-hybridized carbons (Fsp3) is 0.588. The minimum absolute atomic E-state index is 0.00477. The third kappa shape index (κ3) is 4.80. The van der Waals surface area contributed by atoms with Crippen molar-refractivity contribution in [3.05, 3.63) is 22.4 Å². The van der Waals surface area contributed by atoms with Crippen LogP contribution < -0.4 is 5.32 Å². The monoisotopic (exact) mass is 352 g/mol. The Labute approximate surface area is 146 Å². The molecule has 0 aliphatic carbocycles. The number of nitrogens with zero attached hydrogens (tertiary/aromatic N) is 1. The number of ether oxygens (including phenoxy) is 1. The van der Waals surface area contributed by atoms with Gasteiger partial charge in [0.15, 0.2) is 6.10 Å². The molecule has 1 aromatic rings. The van der Waals surface area contributed by atoms with Gasteiger partial charge < -0.3 is 15.0 Å². The van der Waals surface area contributed by atoms with Crippen LogP contribution in [0.3, 0.4) is 0 Å². The largest absolute Gasteiger partial charge is 0.452 e. The first-order valence-corrected chi connectivity index (χ1v) is 9.10. The molecule has 0 radical (unpaired) electrons. The number of nitrogens with one attached hydrogen (secondary N) is 1. The zero-order valence-electron chi connectivity index (χ0n) is 14.3. The summed E-state index contributed by atoms with van der Waals surface area (Å²) in [6, 6.07) is 3.67. The van der Waals surface area contributed by atoms with Gasteiger partial charge in [0.25, 0.3) is 11.8 Å². The highest BCUT2D eigenvalue weighted by atomic mass is 32.1. The molecule has 1 N–H and O–H groups in total. The van der Waals surface area contributed by atoms with E-state index in [0.29, 0.717) is 25.9 Å². The topological polar surface area (TPSA) is 75.7 Å². The molecule has 1 aliphatic heterocycles. The smallest absolute Gasteiger partial charge is 0.309 e. The normalized spacial score (nSPS) is 16.8. The number of amides is 2. The quantitative estimate of drug-likeness (QED) is 0.823. The number of hydrogen-bond donors (Lipinski definition) is 1. The van der Waals surface area contributed by atoms with E-state index >= 15 is 0 Å². The number of hydrogen-bond acceptors (Lipinski definition) is 5. The molecule has 1 saturated heterocycles. The van der Waals surface area contributed by atoms with Gasteiger partial charge in [0.2, 0.25) is 0 Å². The van der Waals surface area contributed by atoms with Gasteiger partial charge >= 0.3 is 5.97 Å². The van der Waals surface area contributed by atoms with Gasteiger partial charge in [-0.1, -0.05) is 6.07 Å². The van der Waals surface area contributed by atoms with E-state index in [4.69, 9.17) is 4.74 Å². The first-order chi connectivity index (χ1) is 11.4. The lowest BCUT2D eigenvalue weighted by atomic mass is 9.97. The van der Waals surface area contributed by atoms with Crippen molar-refractivity contribution in [3.8, 4) is 0 Å². The molecule has 1 atom stereocenters. The molecule has 1 aromatic heterocycles. The summed E-state index contributed by atoms with van der Waals surface area (Å²) < 4.78 is 5.27. The molecular weight excluding hydrogens is 328 g/mol. The van der Waals surface area contributed by atoms with Crippen LogP contribution in [-0.4, -0.2) is 47.9 Å². The molecular formula is C17H24N2O4S. The third-order valence-electron chi connectivity index (χ3n) is 3.94. The average Bonchev–Trinajstić information content (AvgIpc) is 3.08. The number of piperidine rings is 1. The SMILES string of the molecule is CC(C)NC(=O)[C@H](C)OC(=O)C1CCN(C(=O)c2cccs2)CC1. The maximum absolute atomic E-state index is 12.3. The van der Waals surface area contributed by atoms with Crippen molar-refractivity contribution in [2.24, 2.45) is 5.92 Å². The van der Waals surface area contributed by atoms with Crippen molar-refractivity contribution >= 4 is 29.1 Å². The summed E-state index contributed by atoms with van der Waals surface area (Å²) in [6.07, 6.45) is 0.328. The maximum Gasteiger partial charge on any atom is 0.309 e. The van der Waals surface area contributed by atoms with Crippen molar-refractivity contribution in [1.29, 1.82) is 0 Å². The Kier molecular flexibility index (Phi) is 6.36. The lowest BCUT2D eigenvalue weighted by Gasteiger charge is -2.31. The van der Waals surface area contributed by atoms with Crippen molar-refractivity contribution < 1.29 is 19.1 Å². The summed E-state index contributed by atoms with van der Waals surface area (Å²) in [5.41, 5.74) is 0. The van der Waals surface area contributed by atoms with E-state index in [0.717, 1.165) is 4.88 Å². The van der Waals surface area contributed by atoms with Crippen molar-refractivity contribution in [2.75, 3.05) is 13.1 Å². The Morgan fingerprint density at radius 2 is 1.92 bits per heavy atom. The predicted octanol–water partition coefficient (Wildman–Crippen LogP) is 2.06. The van der Waals surface area contributed by atoms with E-state index in [1.54, 1.807) is 11.8 Å². The minimum atomic E-state index is -0.800. The highest BCUT2D eigenvalue weighted by Gasteiger charge is 2.31. The number of rotatable bonds is 5. The molecule has 2 heterocycles. The number of likely N-dealkylation sites (tertiary alicyclic amines) is 1. The lowest BCUT2D eigenvalue weighted by Crippen LogP contribution is -2.43. The number of carbonyl (C=O) groups excluding carboxylic acids is 3. The lowest BCUT2D eigenvalue weighted by molar-refractivity contribution is -0.160. The van der Waals surface area contributed by atoms with Crippen LogP contribution in [0.15, 0.2) is 17.5 Å². The molecule has 1 fully saturated rings. The summed E-state index contributed by atoms with van der Waals surface area (Å²) in [6.45, 7) is 6.34. The van der Waals surface area contributed by atoms with Crippen LogP contribution in [0.4, 0.5) is 0 Å². The van der Waals surface area contributed by atoms with Gasteiger partial charge in [0.1, 0.15) is 0 Å². The highest BCUT2D eigenvalue weighted by molar-refractivity contribution is 7.12. The van der Waals surface area contributed by atoms with Crippen molar-refractivity contribution in [2.45, 2.75) is 45.8 Å². The molecule has 2 amide bonds. The van der Waals surface area contributed by atoms with Crippen molar-refractivity contribution in [1.82, 2.24) is 10.2 Å². The highest BCUT2D eigenvalue weighted by Crippen LogP contribution is 2.22. The molecule has 7 heteroatoms. The van der Waals surface area contributed by atoms with Gasteiger partial charge in [-0.05, 0) is 45.1 Å². The van der Waals surface area contributed by atoms with Gasteiger partial charge in [0.05, 0.1) is 10.8 Å². The third-order valence-corrected chi connectivity index (χ3v) is 4.80. The second-order valence-corrected chi connectivity index (χ2v) is 7.23. The Hall–Kier alpha value is -1.89. The first-order valence-electron chi connectivity index (χ1n) is 8.22. The fourth-order valence-electron chi connectivity index (χ4n) is 2.60. The van der Waals surface area contributed by atoms with Crippen LogP contribution in [0.25, 0.3) is 0 Å². The molecule has 0 aromatic carbocycles. The Morgan fingerprint density at radius 3 is 2.46 bits per heavy atom. The van der Waals surface area contributed by atoms with Gasteiger partial charge in [0, 0.05) is 19.1 Å². The predicted molar refractivity (Wildman–Crippen MR) is 91.8 cm³/mol. The zero-order chi connectivity index (χ0) is 17.7. The Morgan fingerprint density at radius 1 is 1.25 bits per heavy atom. The van der Waals surface area contributed by atoms with E-state index in [1.807, 2.05) is 31.4 Å². The number of carbonyl (C=O) groups is 3. The Balaban J connectivity index is 1.80. The van der Waals surface area contributed by atoms with Crippen LogP contribution >= 0.6 is 11.3 Å². The maximum atomic E-state index is 12.3. The van der Waals surface area contributed by atoms with Crippen LogP contribution in [0, 0.1) is 5.92 Å². The summed E-state index contributed by atoms with van der Waals surface area (Å²) in [7, 11) is 0. The summed E-state index contributed by atoms with van der Waals surface area (Å²) in [5.74, 6) is -0.888. The molecule has 24 heavy (non-hydrogen) atoms. The van der Waals surface area contributed by atoms with Crippen LogP contribution in [0.2, 0.25) is 0 Å². The van der Waals surface area contributed by atoms with E-state index < -0.39 is 6.10 Å². The van der Waals surface area contributed by atoms with E-state index in [2.05, 4.69) is 5.32 Å². The van der Waals surface area contributed by atoms with Gasteiger partial charge in [-0.25, -0.2) is 0 Å². The summed E-state index contributed by atoms with van der Waals surface area (Å²) >= 11 is 1.42. The fourth-order valence-corrected chi connectivity index (χ4v) is 3.29. The number of thiophene rings is 1. The molecule has 0 unspecified atom stereocenters. The minimum Gasteiger partial charge on any atom is -0.452 e. The molecule has 0 saturated carbocycles. The summed E-state index contributed by atoms with van der Waals surface area (Å²) in [4.78, 5) is 38.8. The molecule has 132 valence electrons. The van der Waals surface area contributed by atoms with Gasteiger partial charge in [-0.15, -0.1) is 11.3 Å². The molecule has 0 spiro atoms. The molecule has 1 aliphatic rings. The molecule has 2 rings (SSSR count). The second-order valence-electron chi connectivity index (χ2n) is 6.29. The van der Waals surface area contributed by atoms with E-state index in [-0.39, 0.29) is 29.7 Å². The van der Waals surface area contributed by atoms with Gasteiger partial charge in [-0.3, -0.25) is 14.4 Å². The Bertz CT molecular complexity index is 577. The standard InChI is InChI=1S/C17H24N2O4S/c1-11(2)18-15(20)12(3)23-17(22)13-6-8-19(9-7-13)16(21)14-5-4-10-24-14/h4-5,10-13H,6-9H2,1-3H3,(H,18,20)/t12-/m0/s1. The molecule has 0 bridgehead atoms. The first kappa shape index (κ1) is 18.4. The van der Waals surface area contributed by atoms with Crippen molar-refractivity contribution in [3.63, 3.8) is 0 Å². The zero-order valence-corrected chi connectivity index (χ0v) is 15.1. The van der Waals surface area contributed by atoms with Gasteiger partial charge in [-0.2, -0.15) is 0 Å². The van der Waals surface area contributed by atoms with Crippen LogP contribution in [-0.2, 0) is 14.3 Å². The van der Waals surface area contributed by atoms with Crippen LogP contribution in [0.1, 0.15) is 43.3 Å². The second kappa shape index (κ2) is 8.28.